The number of benzene rings is 1. The molecule has 4 nitrogen and oxygen atoms in total. The van der Waals surface area contributed by atoms with Crippen LogP contribution in [0.3, 0.4) is 0 Å². The van der Waals surface area contributed by atoms with Gasteiger partial charge < -0.3 is 10.0 Å². The normalized spacial score (nSPS) is 13.6. The maximum atomic E-state index is 10.3. The number of nitrogens with zero attached hydrogens (tertiary/aromatic N) is 3. The minimum absolute atomic E-state index is 0.489. The van der Waals surface area contributed by atoms with E-state index < -0.39 is 12.0 Å². The fraction of sp³-hybridized carbons (Fsp3) is 0.294. The smallest absolute Gasteiger partial charge is 0.113 e. The maximum Gasteiger partial charge on any atom is 0.113 e. The number of hydrogen-bond acceptors (Lipinski definition) is 4. The second kappa shape index (κ2) is 7.53. The van der Waals surface area contributed by atoms with Crippen LogP contribution in [0.1, 0.15) is 17.4 Å². The molecule has 108 valence electrons. The molecule has 2 aromatic rings. The van der Waals surface area contributed by atoms with Gasteiger partial charge in [0.2, 0.25) is 0 Å². The second-order valence-electron chi connectivity index (χ2n) is 5.12. The lowest BCUT2D eigenvalue weighted by Crippen LogP contribution is -2.28. The van der Waals surface area contributed by atoms with E-state index in [1.54, 1.807) is 18.3 Å². The minimum Gasteiger partial charge on any atom is -0.385 e. The Morgan fingerprint density at radius 2 is 1.90 bits per heavy atom. The van der Waals surface area contributed by atoms with E-state index in [9.17, 15) is 10.4 Å². The summed E-state index contributed by atoms with van der Waals surface area (Å²) in [6, 6.07) is 17.6. The van der Waals surface area contributed by atoms with Gasteiger partial charge in [0.1, 0.15) is 6.10 Å². The van der Waals surface area contributed by atoms with Crippen molar-refractivity contribution in [3.63, 3.8) is 0 Å². The van der Waals surface area contributed by atoms with Crippen LogP contribution in [0.25, 0.3) is 0 Å². The Labute approximate surface area is 125 Å². The molecule has 0 saturated heterocycles. The molecule has 4 heteroatoms. The summed E-state index contributed by atoms with van der Waals surface area (Å²) in [5, 5.41) is 19.6. The third-order valence-corrected chi connectivity index (χ3v) is 3.34. The van der Waals surface area contributed by atoms with Crippen LogP contribution >= 0.6 is 0 Å². The average Bonchev–Trinajstić information content (AvgIpc) is 2.53. The molecule has 1 aromatic heterocycles. The molecule has 0 aliphatic heterocycles. The van der Waals surface area contributed by atoms with Gasteiger partial charge in [-0.25, -0.2) is 0 Å². The third kappa shape index (κ3) is 4.38. The van der Waals surface area contributed by atoms with Crippen molar-refractivity contribution < 1.29 is 5.11 Å². The first-order valence-corrected chi connectivity index (χ1v) is 6.92. The lowest BCUT2D eigenvalue weighted by Gasteiger charge is -2.23. The van der Waals surface area contributed by atoms with E-state index in [0.717, 1.165) is 6.54 Å². The molecule has 1 aromatic carbocycles. The molecular weight excluding hydrogens is 262 g/mol. The quantitative estimate of drug-likeness (QED) is 0.883. The number of rotatable bonds is 6. The van der Waals surface area contributed by atoms with Crippen molar-refractivity contribution in [1.82, 2.24) is 9.88 Å². The summed E-state index contributed by atoms with van der Waals surface area (Å²) < 4.78 is 0. The molecule has 0 unspecified atom stereocenters. The predicted octanol–water partition coefficient (Wildman–Crippen LogP) is 2.39. The monoisotopic (exact) mass is 281 g/mol. The topological polar surface area (TPSA) is 60.2 Å². The molecule has 0 bridgehead atoms. The van der Waals surface area contributed by atoms with Crippen LogP contribution in [-0.2, 0) is 6.54 Å². The minimum atomic E-state index is -0.866. The van der Waals surface area contributed by atoms with Crippen LogP contribution in [0.2, 0.25) is 0 Å². The lowest BCUT2D eigenvalue weighted by atomic mass is 10.00. The predicted molar refractivity (Wildman–Crippen MR) is 81.1 cm³/mol. The third-order valence-electron chi connectivity index (χ3n) is 3.34. The van der Waals surface area contributed by atoms with Gasteiger partial charge >= 0.3 is 0 Å². The Hall–Kier alpha value is -2.22. The van der Waals surface area contributed by atoms with E-state index in [1.165, 1.54) is 5.56 Å². The zero-order valence-electron chi connectivity index (χ0n) is 12.1. The summed E-state index contributed by atoms with van der Waals surface area (Å²) in [7, 11) is 1.95. The zero-order chi connectivity index (χ0) is 15.1. The van der Waals surface area contributed by atoms with E-state index in [-0.39, 0.29) is 0 Å². The SMILES string of the molecule is CN(Cc1ccccc1)C[C@H](C#N)[C@H](O)c1ccccn1. The molecule has 0 aliphatic rings. The number of aliphatic hydroxyl groups is 1. The number of aromatic nitrogens is 1. The van der Waals surface area contributed by atoms with Gasteiger partial charge in [-0.1, -0.05) is 36.4 Å². The van der Waals surface area contributed by atoms with Crippen molar-refractivity contribution in [1.29, 1.82) is 5.26 Å². The Morgan fingerprint density at radius 1 is 1.19 bits per heavy atom. The summed E-state index contributed by atoms with van der Waals surface area (Å²) >= 11 is 0. The molecule has 2 atom stereocenters. The van der Waals surface area contributed by atoms with Crippen LogP contribution in [0.4, 0.5) is 0 Å². The van der Waals surface area contributed by atoms with Gasteiger partial charge in [-0.2, -0.15) is 5.26 Å². The van der Waals surface area contributed by atoms with E-state index in [2.05, 4.69) is 11.1 Å². The standard InChI is InChI=1S/C17H19N3O/c1-20(12-14-7-3-2-4-8-14)13-15(11-18)17(21)16-9-5-6-10-19-16/h2-10,15,17,21H,12-13H2,1H3/t15-,17-/m0/s1. The van der Waals surface area contributed by atoms with Crippen molar-refractivity contribution in [2.24, 2.45) is 5.92 Å². The van der Waals surface area contributed by atoms with Gasteiger partial charge in [-0.3, -0.25) is 4.98 Å². The first kappa shape index (κ1) is 15.2. The van der Waals surface area contributed by atoms with Crippen molar-refractivity contribution in [2.75, 3.05) is 13.6 Å². The fourth-order valence-electron chi connectivity index (χ4n) is 2.26. The molecule has 0 amide bonds. The van der Waals surface area contributed by atoms with Gasteiger partial charge in [-0.05, 0) is 24.7 Å². The second-order valence-corrected chi connectivity index (χ2v) is 5.12. The summed E-state index contributed by atoms with van der Waals surface area (Å²) in [6.07, 6.45) is 0.759. The van der Waals surface area contributed by atoms with Crippen LogP contribution in [0, 0.1) is 17.2 Å². The Bertz CT molecular complexity index is 580. The fourth-order valence-corrected chi connectivity index (χ4v) is 2.26. The summed E-state index contributed by atoms with van der Waals surface area (Å²) in [4.78, 5) is 6.16. The van der Waals surface area contributed by atoms with E-state index in [4.69, 9.17) is 0 Å². The number of nitriles is 1. The highest BCUT2D eigenvalue weighted by Crippen LogP contribution is 2.20. The van der Waals surface area contributed by atoms with Crippen molar-refractivity contribution in [2.45, 2.75) is 12.6 Å². The summed E-state index contributed by atoms with van der Waals surface area (Å²) in [6.45, 7) is 1.23. The molecule has 2 rings (SSSR count). The first-order chi connectivity index (χ1) is 10.2. The highest BCUT2D eigenvalue weighted by molar-refractivity contribution is 5.15. The Balaban J connectivity index is 1.97. The lowest BCUT2D eigenvalue weighted by molar-refractivity contribution is 0.107. The zero-order valence-corrected chi connectivity index (χ0v) is 12.1. The van der Waals surface area contributed by atoms with Crippen molar-refractivity contribution in [3.05, 3.63) is 66.0 Å². The highest BCUT2D eigenvalue weighted by Gasteiger charge is 2.23. The van der Waals surface area contributed by atoms with Gasteiger partial charge in [-0.15, -0.1) is 0 Å². The van der Waals surface area contributed by atoms with Crippen LogP contribution in [0.5, 0.6) is 0 Å². The molecule has 0 fully saturated rings. The maximum absolute atomic E-state index is 10.3. The summed E-state index contributed by atoms with van der Waals surface area (Å²) in [5.41, 5.74) is 1.72. The molecule has 1 heterocycles. The molecule has 0 saturated carbocycles. The largest absolute Gasteiger partial charge is 0.385 e. The molecule has 21 heavy (non-hydrogen) atoms. The van der Waals surface area contributed by atoms with E-state index in [1.807, 2.05) is 48.3 Å². The van der Waals surface area contributed by atoms with Gasteiger partial charge in [0.05, 0.1) is 17.7 Å². The number of hydrogen-bond donors (Lipinski definition) is 1. The first-order valence-electron chi connectivity index (χ1n) is 6.92. The van der Waals surface area contributed by atoms with Crippen LogP contribution in [-0.4, -0.2) is 28.6 Å². The number of pyridine rings is 1. The average molecular weight is 281 g/mol. The van der Waals surface area contributed by atoms with Gasteiger partial charge in [0, 0.05) is 19.3 Å². The molecule has 0 aliphatic carbocycles. The molecule has 0 spiro atoms. The Kier molecular flexibility index (Phi) is 5.44. The van der Waals surface area contributed by atoms with E-state index >= 15 is 0 Å². The van der Waals surface area contributed by atoms with Crippen molar-refractivity contribution >= 4 is 0 Å². The van der Waals surface area contributed by atoms with Gasteiger partial charge in [0.25, 0.3) is 0 Å². The Morgan fingerprint density at radius 3 is 2.52 bits per heavy atom. The molecule has 0 radical (unpaired) electrons. The molecular formula is C17H19N3O. The highest BCUT2D eigenvalue weighted by atomic mass is 16.3. The summed E-state index contributed by atoms with van der Waals surface area (Å²) in [5.74, 6) is -0.506. The van der Waals surface area contributed by atoms with E-state index in [0.29, 0.717) is 12.2 Å². The van der Waals surface area contributed by atoms with Crippen LogP contribution in [0.15, 0.2) is 54.7 Å². The van der Waals surface area contributed by atoms with Gasteiger partial charge in [0.15, 0.2) is 0 Å². The molecule has 1 N–H and O–H groups in total. The van der Waals surface area contributed by atoms with Crippen LogP contribution < -0.4 is 0 Å². The van der Waals surface area contributed by atoms with Crippen molar-refractivity contribution in [3.8, 4) is 6.07 Å². The number of aliphatic hydroxyl groups excluding tert-OH is 1.